The van der Waals surface area contributed by atoms with Gasteiger partial charge in [-0.2, -0.15) is 0 Å². The SMILES string of the molecule is CCCCCCCCCCCCC(=O)OC[C@H](COC(=O)CCCCCCCCCCC(C)CC)OC(=O)CCCCCCCCCCCCCCCCCCCCC(C)CC. The molecule has 62 heavy (non-hydrogen) atoms. The third kappa shape index (κ3) is 46.4. The average molecular weight is 877 g/mol. The van der Waals surface area contributed by atoms with Gasteiger partial charge < -0.3 is 14.2 Å². The number of rotatable bonds is 50. The van der Waals surface area contributed by atoms with Crippen LogP contribution in [0, 0.1) is 11.8 Å². The zero-order valence-corrected chi connectivity index (χ0v) is 42.5. The molecule has 0 radical (unpaired) electrons. The number of esters is 3. The molecule has 0 aliphatic rings. The number of ether oxygens (including phenoxy) is 3. The van der Waals surface area contributed by atoms with Crippen molar-refractivity contribution in [3.8, 4) is 0 Å². The van der Waals surface area contributed by atoms with Crippen molar-refractivity contribution in [2.75, 3.05) is 13.2 Å². The standard InChI is InChI=1S/C56H108O6/c1-6-9-10-11-12-13-25-31-36-41-46-54(57)60-49-53(50-61-55(58)47-42-37-32-28-27-30-35-40-45-52(5)8-3)62-56(59)48-43-38-33-26-23-21-19-17-15-14-16-18-20-22-24-29-34-39-44-51(4)7-2/h51-53H,6-50H2,1-5H3/t51?,52?,53-/m1/s1. The minimum Gasteiger partial charge on any atom is -0.462 e. The summed E-state index contributed by atoms with van der Waals surface area (Å²) in [5.74, 6) is 0.910. The van der Waals surface area contributed by atoms with E-state index in [1.165, 1.54) is 199 Å². The second-order valence-corrected chi connectivity index (χ2v) is 19.7. The molecule has 0 aromatic carbocycles. The monoisotopic (exact) mass is 877 g/mol. The molecule has 2 unspecified atom stereocenters. The first-order valence-corrected chi connectivity index (χ1v) is 27.8. The summed E-state index contributed by atoms with van der Waals surface area (Å²) in [6, 6.07) is 0. The molecular formula is C56H108O6. The third-order valence-electron chi connectivity index (χ3n) is 13.4. The molecule has 0 aromatic rings. The van der Waals surface area contributed by atoms with Gasteiger partial charge in [0.1, 0.15) is 13.2 Å². The van der Waals surface area contributed by atoms with Crippen molar-refractivity contribution >= 4 is 17.9 Å². The van der Waals surface area contributed by atoms with Crippen LogP contribution in [0.2, 0.25) is 0 Å². The Labute approximate surface area is 387 Å². The summed E-state index contributed by atoms with van der Waals surface area (Å²) in [7, 11) is 0. The molecule has 0 bridgehead atoms. The molecule has 3 atom stereocenters. The summed E-state index contributed by atoms with van der Waals surface area (Å²) < 4.78 is 16.8. The summed E-state index contributed by atoms with van der Waals surface area (Å²) in [5, 5.41) is 0. The Kier molecular flexibility index (Phi) is 47.6. The lowest BCUT2D eigenvalue weighted by Crippen LogP contribution is -2.30. The van der Waals surface area contributed by atoms with Crippen LogP contribution in [0.1, 0.15) is 311 Å². The maximum atomic E-state index is 12.8. The fraction of sp³-hybridized carbons (Fsp3) is 0.946. The molecule has 6 nitrogen and oxygen atoms in total. The number of carbonyl (C=O) groups is 3. The van der Waals surface area contributed by atoms with Gasteiger partial charge in [-0.3, -0.25) is 14.4 Å². The van der Waals surface area contributed by atoms with E-state index >= 15 is 0 Å². The lowest BCUT2D eigenvalue weighted by molar-refractivity contribution is -0.167. The van der Waals surface area contributed by atoms with Gasteiger partial charge in [-0.15, -0.1) is 0 Å². The molecule has 0 saturated heterocycles. The van der Waals surface area contributed by atoms with Crippen LogP contribution in [0.25, 0.3) is 0 Å². The van der Waals surface area contributed by atoms with Crippen LogP contribution in [-0.2, 0) is 28.6 Å². The number of carbonyl (C=O) groups excluding carboxylic acids is 3. The first-order chi connectivity index (χ1) is 30.3. The fourth-order valence-electron chi connectivity index (χ4n) is 8.46. The molecule has 0 amide bonds. The normalized spacial score (nSPS) is 12.9. The maximum absolute atomic E-state index is 12.8. The number of hydrogen-bond acceptors (Lipinski definition) is 6. The molecule has 0 aliphatic carbocycles. The average Bonchev–Trinajstić information content (AvgIpc) is 3.27. The Hall–Kier alpha value is -1.59. The molecule has 0 spiro atoms. The summed E-state index contributed by atoms with van der Waals surface area (Å²) in [6.45, 7) is 11.4. The van der Waals surface area contributed by atoms with Gasteiger partial charge in [0.2, 0.25) is 0 Å². The molecule has 6 heteroatoms. The zero-order chi connectivity index (χ0) is 45.4. The van der Waals surface area contributed by atoms with Crippen molar-refractivity contribution in [3.05, 3.63) is 0 Å². The van der Waals surface area contributed by atoms with E-state index in [0.717, 1.165) is 69.6 Å². The lowest BCUT2D eigenvalue weighted by atomic mass is 9.99. The van der Waals surface area contributed by atoms with Crippen molar-refractivity contribution < 1.29 is 28.6 Å². The molecule has 368 valence electrons. The van der Waals surface area contributed by atoms with Crippen molar-refractivity contribution in [1.29, 1.82) is 0 Å². The smallest absolute Gasteiger partial charge is 0.306 e. The van der Waals surface area contributed by atoms with E-state index in [9.17, 15) is 14.4 Å². The van der Waals surface area contributed by atoms with Crippen LogP contribution >= 0.6 is 0 Å². The first kappa shape index (κ1) is 60.4. The van der Waals surface area contributed by atoms with Crippen LogP contribution in [0.3, 0.4) is 0 Å². The van der Waals surface area contributed by atoms with Gasteiger partial charge in [-0.1, -0.05) is 272 Å². The Morgan fingerprint density at radius 2 is 0.565 bits per heavy atom. The Morgan fingerprint density at radius 1 is 0.323 bits per heavy atom. The van der Waals surface area contributed by atoms with E-state index in [1.54, 1.807) is 0 Å². The van der Waals surface area contributed by atoms with Crippen LogP contribution in [0.15, 0.2) is 0 Å². The highest BCUT2D eigenvalue weighted by atomic mass is 16.6. The van der Waals surface area contributed by atoms with Crippen molar-refractivity contribution in [1.82, 2.24) is 0 Å². The highest BCUT2D eigenvalue weighted by molar-refractivity contribution is 5.71. The van der Waals surface area contributed by atoms with Gasteiger partial charge in [0.05, 0.1) is 0 Å². The van der Waals surface area contributed by atoms with Crippen LogP contribution in [0.5, 0.6) is 0 Å². The van der Waals surface area contributed by atoms with E-state index in [0.29, 0.717) is 19.3 Å². The zero-order valence-electron chi connectivity index (χ0n) is 42.5. The maximum Gasteiger partial charge on any atom is 0.306 e. The van der Waals surface area contributed by atoms with Crippen LogP contribution in [0.4, 0.5) is 0 Å². The summed E-state index contributed by atoms with van der Waals surface area (Å²) >= 11 is 0. The van der Waals surface area contributed by atoms with Gasteiger partial charge >= 0.3 is 17.9 Å². The van der Waals surface area contributed by atoms with Crippen molar-refractivity contribution in [3.63, 3.8) is 0 Å². The van der Waals surface area contributed by atoms with E-state index < -0.39 is 6.10 Å². The molecule has 0 aliphatic heterocycles. The number of hydrogen-bond donors (Lipinski definition) is 0. The third-order valence-corrected chi connectivity index (χ3v) is 13.4. The van der Waals surface area contributed by atoms with Gasteiger partial charge in [0.25, 0.3) is 0 Å². The summed E-state index contributed by atoms with van der Waals surface area (Å²) in [5.41, 5.74) is 0. The van der Waals surface area contributed by atoms with Crippen LogP contribution < -0.4 is 0 Å². The van der Waals surface area contributed by atoms with E-state index in [4.69, 9.17) is 14.2 Å². The predicted molar refractivity (Wildman–Crippen MR) is 266 cm³/mol. The Balaban J connectivity index is 4.21. The second-order valence-electron chi connectivity index (χ2n) is 19.7. The second kappa shape index (κ2) is 48.9. The van der Waals surface area contributed by atoms with E-state index in [-0.39, 0.29) is 31.1 Å². The molecule has 0 saturated carbocycles. The molecule has 0 N–H and O–H groups in total. The predicted octanol–water partition coefficient (Wildman–Crippen LogP) is 18.1. The van der Waals surface area contributed by atoms with Gasteiger partial charge in [-0.05, 0) is 31.1 Å². The molecule has 0 fully saturated rings. The molecule has 0 aromatic heterocycles. The van der Waals surface area contributed by atoms with Gasteiger partial charge in [0, 0.05) is 19.3 Å². The topological polar surface area (TPSA) is 78.9 Å². The molecule has 0 rings (SSSR count). The quantitative estimate of drug-likeness (QED) is 0.0344. The largest absolute Gasteiger partial charge is 0.462 e. The fourth-order valence-corrected chi connectivity index (χ4v) is 8.46. The number of unbranched alkanes of at least 4 members (excludes halogenated alkanes) is 33. The minimum atomic E-state index is -0.762. The highest BCUT2D eigenvalue weighted by Gasteiger charge is 2.19. The summed E-state index contributed by atoms with van der Waals surface area (Å²) in [4.78, 5) is 38.0. The molecule has 0 heterocycles. The van der Waals surface area contributed by atoms with Gasteiger partial charge in [0.15, 0.2) is 6.10 Å². The van der Waals surface area contributed by atoms with E-state index in [1.807, 2.05) is 0 Å². The van der Waals surface area contributed by atoms with Crippen LogP contribution in [-0.4, -0.2) is 37.2 Å². The van der Waals surface area contributed by atoms with Gasteiger partial charge in [-0.25, -0.2) is 0 Å². The first-order valence-electron chi connectivity index (χ1n) is 27.8. The summed E-state index contributed by atoms with van der Waals surface area (Å²) in [6.07, 6.45) is 50.9. The van der Waals surface area contributed by atoms with E-state index in [2.05, 4.69) is 34.6 Å². The Bertz CT molecular complexity index is 951. The lowest BCUT2D eigenvalue weighted by Gasteiger charge is -2.18. The minimum absolute atomic E-state index is 0.0637. The highest BCUT2D eigenvalue weighted by Crippen LogP contribution is 2.19. The van der Waals surface area contributed by atoms with Crippen molar-refractivity contribution in [2.24, 2.45) is 11.8 Å². The molecular weight excluding hydrogens is 769 g/mol. The van der Waals surface area contributed by atoms with Crippen molar-refractivity contribution in [2.45, 2.75) is 317 Å². The Morgan fingerprint density at radius 3 is 0.839 bits per heavy atom.